The molecule has 0 radical (unpaired) electrons. The molecule has 1 heterocycles. The summed E-state index contributed by atoms with van der Waals surface area (Å²) in [5.74, 6) is 0. The molecule has 0 aliphatic rings. The van der Waals surface area contributed by atoms with Crippen molar-refractivity contribution in [2.75, 3.05) is 6.54 Å². The van der Waals surface area contributed by atoms with Gasteiger partial charge in [-0.15, -0.1) is 0 Å². The number of aryl methyl sites for hydroxylation is 1. The van der Waals surface area contributed by atoms with Crippen molar-refractivity contribution < 1.29 is 13.2 Å². The summed E-state index contributed by atoms with van der Waals surface area (Å²) < 4.78 is 38.8. The van der Waals surface area contributed by atoms with E-state index in [1.54, 1.807) is 14.0 Å². The fourth-order valence-corrected chi connectivity index (χ4v) is 1.18. The zero-order valence-electron chi connectivity index (χ0n) is 7.97. The monoisotopic (exact) mass is 207 g/mol. The van der Waals surface area contributed by atoms with Gasteiger partial charge in [-0.3, -0.25) is 4.68 Å². The van der Waals surface area contributed by atoms with Crippen LogP contribution in [0.4, 0.5) is 13.2 Å². The van der Waals surface area contributed by atoms with Gasteiger partial charge in [0, 0.05) is 13.2 Å². The van der Waals surface area contributed by atoms with Gasteiger partial charge < -0.3 is 5.32 Å². The lowest BCUT2D eigenvalue weighted by Crippen LogP contribution is -2.34. The summed E-state index contributed by atoms with van der Waals surface area (Å²) in [5.41, 5.74) is 0.00171. The van der Waals surface area contributed by atoms with Crippen LogP contribution in [-0.4, -0.2) is 22.5 Å². The number of nitrogens with one attached hydrogen (secondary N) is 1. The zero-order valence-corrected chi connectivity index (χ0v) is 7.97. The molecule has 0 saturated heterocycles. The molecule has 80 valence electrons. The predicted molar refractivity (Wildman–Crippen MR) is 45.7 cm³/mol. The number of hydrogen-bond acceptors (Lipinski definition) is 2. The van der Waals surface area contributed by atoms with Gasteiger partial charge in [0.2, 0.25) is 0 Å². The highest BCUT2D eigenvalue weighted by Crippen LogP contribution is 2.31. The average Bonchev–Trinajstić information content (AvgIpc) is 2.45. The van der Waals surface area contributed by atoms with E-state index in [1.165, 1.54) is 16.9 Å². The summed E-state index contributed by atoms with van der Waals surface area (Å²) in [5, 5.41) is 6.08. The molecule has 6 heteroatoms. The highest BCUT2D eigenvalue weighted by molar-refractivity contribution is 5.07. The Morgan fingerprint density at radius 3 is 2.57 bits per heavy atom. The fourth-order valence-electron chi connectivity index (χ4n) is 1.18. The van der Waals surface area contributed by atoms with Crippen LogP contribution in [-0.2, 0) is 7.05 Å². The minimum absolute atomic E-state index is 0.00171. The molecule has 1 atom stereocenters. The molecule has 3 nitrogen and oxygen atoms in total. The number of hydrogen-bond donors (Lipinski definition) is 1. The van der Waals surface area contributed by atoms with Crippen molar-refractivity contribution in [3.63, 3.8) is 0 Å². The maximum absolute atomic E-state index is 12.5. The molecule has 0 spiro atoms. The topological polar surface area (TPSA) is 29.9 Å². The summed E-state index contributed by atoms with van der Waals surface area (Å²) >= 11 is 0. The van der Waals surface area contributed by atoms with E-state index in [-0.39, 0.29) is 12.2 Å². The maximum atomic E-state index is 12.5. The SMILES string of the molecule is CCNC(c1ccn(C)n1)C(F)(F)F. The third-order valence-electron chi connectivity index (χ3n) is 1.77. The number of nitrogens with zero attached hydrogens (tertiary/aromatic N) is 2. The highest BCUT2D eigenvalue weighted by Gasteiger charge is 2.41. The Morgan fingerprint density at radius 2 is 2.21 bits per heavy atom. The fraction of sp³-hybridized carbons (Fsp3) is 0.625. The van der Waals surface area contributed by atoms with Crippen LogP contribution in [0.2, 0.25) is 0 Å². The van der Waals surface area contributed by atoms with Gasteiger partial charge in [-0.1, -0.05) is 6.92 Å². The lowest BCUT2D eigenvalue weighted by Gasteiger charge is -2.18. The third kappa shape index (κ3) is 2.47. The number of aromatic nitrogens is 2. The van der Waals surface area contributed by atoms with E-state index in [4.69, 9.17) is 0 Å². The first-order chi connectivity index (χ1) is 6.45. The standard InChI is InChI=1S/C8H12F3N3/c1-3-12-7(8(9,10)11)6-4-5-14(2)13-6/h4-5,7,12H,3H2,1-2H3. The van der Waals surface area contributed by atoms with Crippen LogP contribution in [0.25, 0.3) is 0 Å². The molecule has 0 saturated carbocycles. The van der Waals surface area contributed by atoms with Crippen molar-refractivity contribution in [1.29, 1.82) is 0 Å². The molecule has 0 aliphatic carbocycles. The Labute approximate surface area is 79.9 Å². The van der Waals surface area contributed by atoms with Crippen LogP contribution < -0.4 is 5.32 Å². The number of alkyl halides is 3. The van der Waals surface area contributed by atoms with Crippen molar-refractivity contribution >= 4 is 0 Å². The first-order valence-corrected chi connectivity index (χ1v) is 4.24. The van der Waals surface area contributed by atoms with Crippen LogP contribution in [0.5, 0.6) is 0 Å². The quantitative estimate of drug-likeness (QED) is 0.816. The molecule has 1 aromatic heterocycles. The van der Waals surface area contributed by atoms with E-state index in [2.05, 4.69) is 10.4 Å². The smallest absolute Gasteiger partial charge is 0.301 e. The van der Waals surface area contributed by atoms with E-state index in [9.17, 15) is 13.2 Å². The van der Waals surface area contributed by atoms with Crippen LogP contribution in [0.15, 0.2) is 12.3 Å². The average molecular weight is 207 g/mol. The molecule has 1 aromatic rings. The third-order valence-corrected chi connectivity index (χ3v) is 1.77. The molecule has 0 fully saturated rings. The molecule has 0 aliphatic heterocycles. The van der Waals surface area contributed by atoms with Crippen molar-refractivity contribution in [1.82, 2.24) is 15.1 Å². The van der Waals surface area contributed by atoms with Crippen molar-refractivity contribution in [3.05, 3.63) is 18.0 Å². The van der Waals surface area contributed by atoms with Crippen LogP contribution in [0.1, 0.15) is 18.7 Å². The Morgan fingerprint density at radius 1 is 1.57 bits per heavy atom. The Bertz CT molecular complexity index is 292. The molecule has 0 aromatic carbocycles. The summed E-state index contributed by atoms with van der Waals surface area (Å²) in [7, 11) is 1.59. The molecular weight excluding hydrogens is 195 g/mol. The largest absolute Gasteiger partial charge is 0.409 e. The van der Waals surface area contributed by atoms with Crippen LogP contribution >= 0.6 is 0 Å². The summed E-state index contributed by atoms with van der Waals surface area (Å²) in [6.45, 7) is 1.88. The Kier molecular flexibility index (Phi) is 3.15. The van der Waals surface area contributed by atoms with Gasteiger partial charge in [-0.2, -0.15) is 18.3 Å². The van der Waals surface area contributed by atoms with E-state index in [0.29, 0.717) is 0 Å². The van der Waals surface area contributed by atoms with Gasteiger partial charge in [0.25, 0.3) is 0 Å². The summed E-state index contributed by atoms with van der Waals surface area (Å²) in [6.07, 6.45) is -2.81. The molecule has 0 amide bonds. The summed E-state index contributed by atoms with van der Waals surface area (Å²) in [4.78, 5) is 0. The molecule has 1 unspecified atom stereocenters. The van der Waals surface area contributed by atoms with Crippen molar-refractivity contribution in [2.45, 2.75) is 19.1 Å². The molecule has 14 heavy (non-hydrogen) atoms. The lowest BCUT2D eigenvalue weighted by molar-refractivity contribution is -0.158. The Hall–Kier alpha value is -1.04. The van der Waals surface area contributed by atoms with Crippen molar-refractivity contribution in [2.24, 2.45) is 7.05 Å². The van der Waals surface area contributed by atoms with Gasteiger partial charge in [0.1, 0.15) is 6.04 Å². The first-order valence-electron chi connectivity index (χ1n) is 4.24. The second kappa shape index (κ2) is 4.00. The van der Waals surface area contributed by atoms with E-state index >= 15 is 0 Å². The second-order valence-corrected chi connectivity index (χ2v) is 2.95. The second-order valence-electron chi connectivity index (χ2n) is 2.95. The minimum atomic E-state index is -4.30. The van der Waals surface area contributed by atoms with Gasteiger partial charge in [-0.25, -0.2) is 0 Å². The van der Waals surface area contributed by atoms with Crippen molar-refractivity contribution in [3.8, 4) is 0 Å². The number of halogens is 3. The zero-order chi connectivity index (χ0) is 10.8. The van der Waals surface area contributed by atoms with E-state index < -0.39 is 12.2 Å². The minimum Gasteiger partial charge on any atom is -0.301 e. The lowest BCUT2D eigenvalue weighted by atomic mass is 10.2. The highest BCUT2D eigenvalue weighted by atomic mass is 19.4. The van der Waals surface area contributed by atoms with Crippen LogP contribution in [0.3, 0.4) is 0 Å². The first kappa shape index (κ1) is 11.0. The van der Waals surface area contributed by atoms with Gasteiger partial charge in [0.15, 0.2) is 0 Å². The molecule has 1 rings (SSSR count). The Balaban J connectivity index is 2.88. The van der Waals surface area contributed by atoms with Gasteiger partial charge >= 0.3 is 6.18 Å². The number of rotatable bonds is 3. The van der Waals surface area contributed by atoms with Gasteiger partial charge in [0.05, 0.1) is 5.69 Å². The molecule has 0 bridgehead atoms. The van der Waals surface area contributed by atoms with E-state index in [0.717, 1.165) is 0 Å². The molecule has 1 N–H and O–H groups in total. The normalized spacial score (nSPS) is 14.4. The summed E-state index contributed by atoms with van der Waals surface area (Å²) in [6, 6.07) is -0.311. The predicted octanol–water partition coefficient (Wildman–Crippen LogP) is 1.63. The maximum Gasteiger partial charge on any atom is 0.409 e. The van der Waals surface area contributed by atoms with Crippen LogP contribution in [0, 0.1) is 0 Å². The van der Waals surface area contributed by atoms with E-state index in [1.807, 2.05) is 0 Å². The van der Waals surface area contributed by atoms with Gasteiger partial charge in [-0.05, 0) is 12.6 Å². The molecular formula is C8H12F3N3.